The molecule has 1 amide bonds. The van der Waals surface area contributed by atoms with Gasteiger partial charge in [0.05, 0.1) is 23.3 Å². The molecule has 0 bridgehead atoms. The van der Waals surface area contributed by atoms with E-state index in [4.69, 9.17) is 4.98 Å². The molecule has 6 heteroatoms. The van der Waals surface area contributed by atoms with Gasteiger partial charge in [-0.2, -0.15) is 0 Å². The lowest BCUT2D eigenvalue weighted by atomic mass is 10.2. The molecule has 0 aliphatic carbocycles. The van der Waals surface area contributed by atoms with Gasteiger partial charge in [0.25, 0.3) is 0 Å². The molecule has 5 nitrogen and oxygen atoms in total. The maximum Gasteiger partial charge on any atom is 0.237 e. The molecule has 1 aliphatic heterocycles. The van der Waals surface area contributed by atoms with Crippen LogP contribution in [0.3, 0.4) is 0 Å². The van der Waals surface area contributed by atoms with Crippen molar-refractivity contribution in [3.05, 3.63) is 65.2 Å². The minimum atomic E-state index is 0.193. The average molecular weight is 423 g/mol. The number of piperazine rings is 1. The molecule has 30 heavy (non-hydrogen) atoms. The number of para-hydroxylation sites is 1. The molecule has 0 N–H and O–H groups in total. The lowest BCUT2D eigenvalue weighted by molar-refractivity contribution is -0.135. The molecular formula is C24H30N4OS. The first kappa shape index (κ1) is 21.0. The lowest BCUT2D eigenvalue weighted by Crippen LogP contribution is -2.50. The van der Waals surface area contributed by atoms with Gasteiger partial charge >= 0.3 is 0 Å². The van der Waals surface area contributed by atoms with Gasteiger partial charge in [-0.1, -0.05) is 42.5 Å². The number of hydrogen-bond donors (Lipinski definition) is 0. The summed E-state index contributed by atoms with van der Waals surface area (Å²) in [6.45, 7) is 10.1. The highest BCUT2D eigenvalue weighted by Crippen LogP contribution is 2.23. The fraction of sp³-hybridized carbons (Fsp3) is 0.417. The van der Waals surface area contributed by atoms with Gasteiger partial charge in [0.1, 0.15) is 5.01 Å². The summed E-state index contributed by atoms with van der Waals surface area (Å²) in [6, 6.07) is 18.8. The van der Waals surface area contributed by atoms with Gasteiger partial charge in [-0.3, -0.25) is 14.6 Å². The summed E-state index contributed by atoms with van der Waals surface area (Å²) in [5, 5.41) is 1.18. The number of carbonyl (C=O) groups is 1. The normalized spacial score (nSPS) is 15.7. The number of carbonyl (C=O) groups excluding carboxylic acids is 1. The highest BCUT2D eigenvalue weighted by atomic mass is 32.1. The van der Waals surface area contributed by atoms with E-state index in [1.165, 1.54) is 15.3 Å². The Balaban J connectivity index is 1.28. The number of hydrogen-bond acceptors (Lipinski definition) is 5. The fourth-order valence-electron chi connectivity index (χ4n) is 3.91. The quantitative estimate of drug-likeness (QED) is 0.580. The summed E-state index contributed by atoms with van der Waals surface area (Å²) in [6.07, 6.45) is 0. The van der Waals surface area contributed by atoms with Crippen molar-refractivity contribution in [2.45, 2.75) is 33.0 Å². The number of benzene rings is 2. The van der Waals surface area contributed by atoms with E-state index in [1.54, 1.807) is 11.3 Å². The second-order valence-electron chi connectivity index (χ2n) is 8.23. The molecule has 2 aromatic carbocycles. The summed E-state index contributed by atoms with van der Waals surface area (Å²) >= 11 is 1.78. The van der Waals surface area contributed by atoms with E-state index in [0.717, 1.165) is 38.2 Å². The molecule has 1 aliphatic rings. The van der Waals surface area contributed by atoms with Gasteiger partial charge in [-0.15, -0.1) is 11.3 Å². The number of rotatable bonds is 7. The number of fused-ring (bicyclic) bond motifs is 1. The van der Waals surface area contributed by atoms with Crippen molar-refractivity contribution in [1.82, 2.24) is 19.7 Å². The van der Waals surface area contributed by atoms with Crippen LogP contribution in [0.25, 0.3) is 10.2 Å². The minimum absolute atomic E-state index is 0.193. The standard InChI is InChI=1S/C24H30N4OS/c1-19(2)28(16-20-8-4-3-5-9-20)24(29)18-27-14-12-26(13-15-27)17-23-25-21-10-6-7-11-22(21)30-23/h3-11,19H,12-18H2,1-2H3. The smallest absolute Gasteiger partial charge is 0.237 e. The lowest BCUT2D eigenvalue weighted by Gasteiger charge is -2.35. The van der Waals surface area contributed by atoms with Crippen LogP contribution in [0.1, 0.15) is 24.4 Å². The first-order valence-corrected chi connectivity index (χ1v) is 11.5. The van der Waals surface area contributed by atoms with Crippen molar-refractivity contribution in [3.8, 4) is 0 Å². The molecule has 1 fully saturated rings. The molecule has 3 aromatic rings. The SMILES string of the molecule is CC(C)N(Cc1ccccc1)C(=O)CN1CCN(Cc2nc3ccccc3s2)CC1. The summed E-state index contributed by atoms with van der Waals surface area (Å²) in [5.41, 5.74) is 2.27. The molecule has 0 saturated carbocycles. The maximum atomic E-state index is 13.0. The van der Waals surface area contributed by atoms with Gasteiger partial charge in [0.15, 0.2) is 0 Å². The Morgan fingerprint density at radius 2 is 1.67 bits per heavy atom. The first-order chi connectivity index (χ1) is 14.6. The predicted molar refractivity (Wildman–Crippen MR) is 123 cm³/mol. The van der Waals surface area contributed by atoms with E-state index in [2.05, 4.69) is 54.0 Å². The van der Waals surface area contributed by atoms with Crippen LogP contribution >= 0.6 is 11.3 Å². The molecule has 0 unspecified atom stereocenters. The number of nitrogens with zero attached hydrogens (tertiary/aromatic N) is 4. The Labute approximate surface area is 182 Å². The van der Waals surface area contributed by atoms with Crippen LogP contribution in [0, 0.1) is 0 Å². The highest BCUT2D eigenvalue weighted by Gasteiger charge is 2.24. The Morgan fingerprint density at radius 1 is 1.00 bits per heavy atom. The van der Waals surface area contributed by atoms with E-state index >= 15 is 0 Å². The van der Waals surface area contributed by atoms with Crippen molar-refractivity contribution in [2.75, 3.05) is 32.7 Å². The number of thiazole rings is 1. The Morgan fingerprint density at radius 3 is 2.37 bits per heavy atom. The minimum Gasteiger partial charge on any atom is -0.335 e. The van der Waals surface area contributed by atoms with Gasteiger partial charge in [-0.25, -0.2) is 4.98 Å². The zero-order chi connectivity index (χ0) is 20.9. The van der Waals surface area contributed by atoms with Crippen LogP contribution < -0.4 is 0 Å². The second kappa shape index (κ2) is 9.69. The second-order valence-corrected chi connectivity index (χ2v) is 9.34. The number of aromatic nitrogens is 1. The fourth-order valence-corrected chi connectivity index (χ4v) is 4.92. The zero-order valence-electron chi connectivity index (χ0n) is 17.8. The van der Waals surface area contributed by atoms with Gasteiger partial charge in [0.2, 0.25) is 5.91 Å². The van der Waals surface area contributed by atoms with E-state index in [0.29, 0.717) is 13.1 Å². The van der Waals surface area contributed by atoms with Crippen molar-refractivity contribution in [3.63, 3.8) is 0 Å². The molecular weight excluding hydrogens is 392 g/mol. The molecule has 4 rings (SSSR count). The third kappa shape index (κ3) is 5.25. The van der Waals surface area contributed by atoms with Crippen molar-refractivity contribution >= 4 is 27.5 Å². The summed E-state index contributed by atoms with van der Waals surface area (Å²) in [4.78, 5) is 24.5. The van der Waals surface area contributed by atoms with Gasteiger partial charge in [0, 0.05) is 38.8 Å². The van der Waals surface area contributed by atoms with Crippen LogP contribution in [-0.2, 0) is 17.9 Å². The Bertz CT molecular complexity index is 931. The topological polar surface area (TPSA) is 39.7 Å². The summed E-state index contributed by atoms with van der Waals surface area (Å²) < 4.78 is 1.25. The van der Waals surface area contributed by atoms with E-state index in [1.807, 2.05) is 29.2 Å². The van der Waals surface area contributed by atoms with Crippen molar-refractivity contribution < 1.29 is 4.79 Å². The summed E-state index contributed by atoms with van der Waals surface area (Å²) in [7, 11) is 0. The maximum absolute atomic E-state index is 13.0. The third-order valence-corrected chi connectivity index (χ3v) is 6.68. The first-order valence-electron chi connectivity index (χ1n) is 10.7. The molecule has 1 aromatic heterocycles. The highest BCUT2D eigenvalue weighted by molar-refractivity contribution is 7.18. The van der Waals surface area contributed by atoms with E-state index in [-0.39, 0.29) is 11.9 Å². The van der Waals surface area contributed by atoms with Gasteiger partial charge < -0.3 is 4.90 Å². The van der Waals surface area contributed by atoms with E-state index < -0.39 is 0 Å². The largest absolute Gasteiger partial charge is 0.335 e. The third-order valence-electron chi connectivity index (χ3n) is 5.66. The van der Waals surface area contributed by atoms with Crippen LogP contribution in [0.2, 0.25) is 0 Å². The molecule has 0 radical (unpaired) electrons. The molecule has 1 saturated heterocycles. The molecule has 0 spiro atoms. The van der Waals surface area contributed by atoms with Crippen LogP contribution in [-0.4, -0.2) is 64.4 Å². The predicted octanol–water partition coefficient (Wildman–Crippen LogP) is 3.85. The average Bonchev–Trinajstić information content (AvgIpc) is 3.16. The number of amides is 1. The van der Waals surface area contributed by atoms with Crippen molar-refractivity contribution in [1.29, 1.82) is 0 Å². The van der Waals surface area contributed by atoms with Crippen LogP contribution in [0.4, 0.5) is 0 Å². The van der Waals surface area contributed by atoms with E-state index in [9.17, 15) is 4.79 Å². The molecule has 0 atom stereocenters. The summed E-state index contributed by atoms with van der Waals surface area (Å²) in [5.74, 6) is 0.216. The Hall–Kier alpha value is -2.28. The zero-order valence-corrected chi connectivity index (χ0v) is 18.6. The van der Waals surface area contributed by atoms with Crippen LogP contribution in [0.5, 0.6) is 0 Å². The van der Waals surface area contributed by atoms with Crippen molar-refractivity contribution in [2.24, 2.45) is 0 Å². The Kier molecular flexibility index (Phi) is 6.77. The molecule has 158 valence electrons. The monoisotopic (exact) mass is 422 g/mol. The van der Waals surface area contributed by atoms with Gasteiger partial charge in [-0.05, 0) is 31.5 Å². The van der Waals surface area contributed by atoms with Crippen LogP contribution in [0.15, 0.2) is 54.6 Å². The molecule has 2 heterocycles.